The third-order valence-corrected chi connectivity index (χ3v) is 7.14. The van der Waals surface area contributed by atoms with Crippen molar-refractivity contribution < 1.29 is 14.3 Å². The van der Waals surface area contributed by atoms with Crippen molar-refractivity contribution in [3.63, 3.8) is 0 Å². The van der Waals surface area contributed by atoms with E-state index in [1.165, 1.54) is 5.56 Å². The summed E-state index contributed by atoms with van der Waals surface area (Å²) in [5.74, 6) is 0.755. The number of benzene rings is 3. The van der Waals surface area contributed by atoms with Gasteiger partial charge in [-0.05, 0) is 72.7 Å². The number of nitrogens with zero attached hydrogens (tertiary/aromatic N) is 2. The summed E-state index contributed by atoms with van der Waals surface area (Å²) >= 11 is 0. The lowest BCUT2D eigenvalue weighted by Gasteiger charge is -2.35. The summed E-state index contributed by atoms with van der Waals surface area (Å²) in [5, 5.41) is 5.89. The highest BCUT2D eigenvalue weighted by atomic mass is 16.5. The molecule has 1 aliphatic heterocycles. The standard InChI is InChI=1S/C33H34N4O3/c38-32(24-40-29-11-5-2-6-12-29)36-28-13-14-31(30(21-28)33(39)35-23-27-10-7-17-34-22-27)37-18-15-26(16-19-37)20-25-8-3-1-4-9-25/h1-14,17,21-22,26H,15-16,18-20,23-24H2,(H,35,39)(H,36,38). The minimum atomic E-state index is -0.292. The lowest BCUT2D eigenvalue weighted by atomic mass is 9.89. The fourth-order valence-electron chi connectivity index (χ4n) is 5.04. The van der Waals surface area contributed by atoms with Crippen LogP contribution in [0, 0.1) is 5.92 Å². The first-order valence-corrected chi connectivity index (χ1v) is 13.7. The van der Waals surface area contributed by atoms with E-state index in [0.717, 1.165) is 43.6 Å². The minimum Gasteiger partial charge on any atom is -0.484 e. The predicted molar refractivity (Wildman–Crippen MR) is 157 cm³/mol. The number of amides is 2. The molecule has 40 heavy (non-hydrogen) atoms. The van der Waals surface area contributed by atoms with Crippen molar-refractivity contribution >= 4 is 23.2 Å². The Balaban J connectivity index is 1.27. The summed E-state index contributed by atoms with van der Waals surface area (Å²) in [6.07, 6.45) is 6.63. The molecule has 1 fully saturated rings. The van der Waals surface area contributed by atoms with Gasteiger partial charge in [0, 0.05) is 43.4 Å². The van der Waals surface area contributed by atoms with Gasteiger partial charge >= 0.3 is 0 Å². The van der Waals surface area contributed by atoms with Crippen LogP contribution in [-0.2, 0) is 17.8 Å². The fraction of sp³-hybridized carbons (Fsp3) is 0.242. The molecule has 0 atom stereocenters. The second-order valence-corrected chi connectivity index (χ2v) is 10.0. The van der Waals surface area contributed by atoms with Crippen molar-refractivity contribution in [2.45, 2.75) is 25.8 Å². The van der Waals surface area contributed by atoms with Crippen LogP contribution >= 0.6 is 0 Å². The molecule has 0 unspecified atom stereocenters. The molecule has 0 radical (unpaired) electrons. The molecule has 4 aromatic rings. The lowest BCUT2D eigenvalue weighted by Crippen LogP contribution is -2.36. The zero-order valence-corrected chi connectivity index (χ0v) is 22.5. The van der Waals surface area contributed by atoms with E-state index >= 15 is 0 Å². The molecule has 0 aliphatic carbocycles. The van der Waals surface area contributed by atoms with Gasteiger partial charge in [-0.1, -0.05) is 54.6 Å². The second kappa shape index (κ2) is 13.4. The molecule has 2 heterocycles. The number of nitrogens with one attached hydrogen (secondary N) is 2. The molecule has 0 spiro atoms. The van der Waals surface area contributed by atoms with Crippen LogP contribution in [0.15, 0.2) is 103 Å². The Hall–Kier alpha value is -4.65. The lowest BCUT2D eigenvalue weighted by molar-refractivity contribution is -0.118. The van der Waals surface area contributed by atoms with Gasteiger partial charge < -0.3 is 20.3 Å². The van der Waals surface area contributed by atoms with Crippen LogP contribution in [0.2, 0.25) is 0 Å². The van der Waals surface area contributed by atoms with Crippen molar-refractivity contribution in [1.82, 2.24) is 10.3 Å². The maximum absolute atomic E-state index is 13.4. The quantitative estimate of drug-likeness (QED) is 0.281. The second-order valence-electron chi connectivity index (χ2n) is 10.0. The molecule has 1 saturated heterocycles. The maximum atomic E-state index is 13.4. The molecule has 0 bridgehead atoms. The summed E-state index contributed by atoms with van der Waals surface area (Å²) in [4.78, 5) is 32.4. The van der Waals surface area contributed by atoms with Gasteiger partial charge in [0.1, 0.15) is 5.75 Å². The molecule has 1 aromatic heterocycles. The van der Waals surface area contributed by atoms with Crippen molar-refractivity contribution in [3.05, 3.63) is 120 Å². The SMILES string of the molecule is O=C(COc1ccccc1)Nc1ccc(N2CCC(Cc3ccccc3)CC2)c(C(=O)NCc2cccnc2)c1. The zero-order valence-electron chi connectivity index (χ0n) is 22.5. The van der Waals surface area contributed by atoms with E-state index in [2.05, 4.69) is 50.8 Å². The van der Waals surface area contributed by atoms with E-state index in [0.29, 0.717) is 29.5 Å². The number of hydrogen-bond acceptors (Lipinski definition) is 5. The van der Waals surface area contributed by atoms with Crippen LogP contribution in [0.4, 0.5) is 11.4 Å². The molecule has 204 valence electrons. The van der Waals surface area contributed by atoms with Crippen LogP contribution < -0.4 is 20.3 Å². The van der Waals surface area contributed by atoms with Crippen LogP contribution in [0.1, 0.15) is 34.3 Å². The summed E-state index contributed by atoms with van der Waals surface area (Å²) in [6, 6.07) is 29.1. The highest BCUT2D eigenvalue weighted by Gasteiger charge is 2.24. The Labute approximate surface area is 235 Å². The first-order chi connectivity index (χ1) is 19.6. The molecular weight excluding hydrogens is 500 g/mol. The summed E-state index contributed by atoms with van der Waals surface area (Å²) in [5.41, 5.74) is 4.25. The summed E-state index contributed by atoms with van der Waals surface area (Å²) < 4.78 is 5.57. The zero-order chi connectivity index (χ0) is 27.6. The van der Waals surface area contributed by atoms with E-state index in [9.17, 15) is 9.59 Å². The number of hydrogen-bond donors (Lipinski definition) is 2. The van der Waals surface area contributed by atoms with Gasteiger partial charge in [0.25, 0.3) is 11.8 Å². The van der Waals surface area contributed by atoms with Crippen LogP contribution in [-0.4, -0.2) is 36.5 Å². The number of rotatable bonds is 10. The summed E-state index contributed by atoms with van der Waals surface area (Å²) in [7, 11) is 0. The number of anilines is 2. The number of carbonyl (C=O) groups is 2. The van der Waals surface area contributed by atoms with Crippen LogP contribution in [0.5, 0.6) is 5.75 Å². The first-order valence-electron chi connectivity index (χ1n) is 13.7. The molecule has 2 N–H and O–H groups in total. The predicted octanol–water partition coefficient (Wildman–Crippen LogP) is 5.49. The third-order valence-electron chi connectivity index (χ3n) is 7.14. The highest BCUT2D eigenvalue weighted by Crippen LogP contribution is 2.30. The number of piperidine rings is 1. The smallest absolute Gasteiger partial charge is 0.262 e. The van der Waals surface area contributed by atoms with Crippen LogP contribution in [0.25, 0.3) is 0 Å². The van der Waals surface area contributed by atoms with E-state index in [1.54, 1.807) is 30.6 Å². The van der Waals surface area contributed by atoms with E-state index in [-0.39, 0.29) is 18.4 Å². The average Bonchev–Trinajstić information content (AvgIpc) is 3.01. The maximum Gasteiger partial charge on any atom is 0.262 e. The number of pyridine rings is 1. The molecule has 5 rings (SSSR count). The Morgan fingerprint density at radius 2 is 1.60 bits per heavy atom. The summed E-state index contributed by atoms with van der Waals surface area (Å²) in [6.45, 7) is 1.99. The van der Waals surface area contributed by atoms with Gasteiger partial charge in [-0.2, -0.15) is 0 Å². The van der Waals surface area contributed by atoms with Gasteiger partial charge in [-0.15, -0.1) is 0 Å². The van der Waals surface area contributed by atoms with Crippen molar-refractivity contribution in [2.24, 2.45) is 5.92 Å². The number of ether oxygens (including phenoxy) is 1. The monoisotopic (exact) mass is 534 g/mol. The highest BCUT2D eigenvalue weighted by molar-refractivity contribution is 6.02. The van der Waals surface area contributed by atoms with Crippen molar-refractivity contribution in [2.75, 3.05) is 29.9 Å². The van der Waals surface area contributed by atoms with E-state index < -0.39 is 0 Å². The number of para-hydroxylation sites is 1. The number of carbonyl (C=O) groups excluding carboxylic acids is 2. The Bertz CT molecular complexity index is 1390. The molecular formula is C33H34N4O3. The average molecular weight is 535 g/mol. The molecule has 1 aliphatic rings. The van der Waals surface area contributed by atoms with Crippen molar-refractivity contribution in [1.29, 1.82) is 0 Å². The molecule has 7 heteroatoms. The Morgan fingerprint density at radius 3 is 2.33 bits per heavy atom. The Morgan fingerprint density at radius 1 is 0.875 bits per heavy atom. The fourth-order valence-corrected chi connectivity index (χ4v) is 5.04. The first kappa shape index (κ1) is 26.9. The van der Waals surface area contributed by atoms with Gasteiger partial charge in [0.15, 0.2) is 6.61 Å². The van der Waals surface area contributed by atoms with Gasteiger partial charge in [-0.25, -0.2) is 0 Å². The van der Waals surface area contributed by atoms with Gasteiger partial charge in [0.2, 0.25) is 0 Å². The van der Waals surface area contributed by atoms with Gasteiger partial charge in [-0.3, -0.25) is 14.6 Å². The molecule has 3 aromatic carbocycles. The largest absolute Gasteiger partial charge is 0.484 e. The molecule has 7 nitrogen and oxygen atoms in total. The molecule has 2 amide bonds. The number of aromatic nitrogens is 1. The normalized spacial score (nSPS) is 13.4. The van der Waals surface area contributed by atoms with Crippen molar-refractivity contribution in [3.8, 4) is 5.75 Å². The third kappa shape index (κ3) is 7.47. The molecule has 0 saturated carbocycles. The van der Waals surface area contributed by atoms with Gasteiger partial charge in [0.05, 0.1) is 5.56 Å². The van der Waals surface area contributed by atoms with E-state index in [1.807, 2.05) is 42.5 Å². The van der Waals surface area contributed by atoms with E-state index in [4.69, 9.17) is 4.74 Å². The Kier molecular flexibility index (Phi) is 9.04. The minimum absolute atomic E-state index is 0.122. The van der Waals surface area contributed by atoms with Crippen LogP contribution in [0.3, 0.4) is 0 Å². The topological polar surface area (TPSA) is 83.6 Å².